The van der Waals surface area contributed by atoms with Crippen LogP contribution in [0.25, 0.3) is 0 Å². The van der Waals surface area contributed by atoms with Crippen LogP contribution in [0, 0.1) is 5.82 Å². The minimum absolute atomic E-state index is 0.156. The Balaban J connectivity index is 2.21. The molecule has 1 aromatic carbocycles. The van der Waals surface area contributed by atoms with Gasteiger partial charge in [0.15, 0.2) is 11.6 Å². The molecule has 9 heteroatoms. The van der Waals surface area contributed by atoms with Gasteiger partial charge in [-0.05, 0) is 12.1 Å². The quantitative estimate of drug-likeness (QED) is 0.850. The molecule has 0 fully saturated rings. The van der Waals surface area contributed by atoms with Crippen molar-refractivity contribution in [2.24, 2.45) is 0 Å². The lowest BCUT2D eigenvalue weighted by atomic mass is 10.3. The molecule has 2 rings (SSSR count). The lowest BCUT2D eigenvalue weighted by molar-refractivity contribution is -0.274. The van der Waals surface area contributed by atoms with Crippen LogP contribution in [0.2, 0.25) is 0 Å². The van der Waals surface area contributed by atoms with E-state index in [9.17, 15) is 17.6 Å². The number of ether oxygens (including phenoxy) is 1. The molecule has 0 aliphatic heterocycles. The molecule has 3 N–H and O–H groups in total. The summed E-state index contributed by atoms with van der Waals surface area (Å²) >= 11 is 0. The molecule has 20 heavy (non-hydrogen) atoms. The fourth-order valence-corrected chi connectivity index (χ4v) is 1.38. The molecule has 0 spiro atoms. The van der Waals surface area contributed by atoms with Gasteiger partial charge in [0.05, 0.1) is 6.20 Å². The van der Waals surface area contributed by atoms with E-state index < -0.39 is 17.9 Å². The molecule has 1 aromatic heterocycles. The second kappa shape index (κ2) is 5.19. The molecule has 5 nitrogen and oxygen atoms in total. The van der Waals surface area contributed by atoms with Crippen molar-refractivity contribution in [3.63, 3.8) is 0 Å². The zero-order valence-corrected chi connectivity index (χ0v) is 9.78. The first-order valence-electron chi connectivity index (χ1n) is 5.24. The van der Waals surface area contributed by atoms with Crippen molar-refractivity contribution < 1.29 is 22.3 Å². The van der Waals surface area contributed by atoms with E-state index in [2.05, 4.69) is 20.0 Å². The van der Waals surface area contributed by atoms with Crippen LogP contribution >= 0.6 is 0 Å². The summed E-state index contributed by atoms with van der Waals surface area (Å²) in [5.74, 6) is -1.65. The molecule has 0 radical (unpaired) electrons. The summed E-state index contributed by atoms with van der Waals surface area (Å²) in [5, 5.41) is 2.49. The van der Waals surface area contributed by atoms with E-state index in [0.29, 0.717) is 0 Å². The Morgan fingerprint density at radius 2 is 2.00 bits per heavy atom. The van der Waals surface area contributed by atoms with E-state index in [1.165, 1.54) is 12.1 Å². The Morgan fingerprint density at radius 3 is 2.70 bits per heavy atom. The molecule has 0 unspecified atom stereocenters. The number of rotatable bonds is 3. The summed E-state index contributed by atoms with van der Waals surface area (Å²) in [7, 11) is 0. The predicted octanol–water partition coefficient (Wildman–Crippen LogP) is 2.84. The summed E-state index contributed by atoms with van der Waals surface area (Å²) in [6, 6.07) is 4.89. The van der Waals surface area contributed by atoms with E-state index in [4.69, 9.17) is 5.73 Å². The van der Waals surface area contributed by atoms with Gasteiger partial charge in [-0.2, -0.15) is 4.98 Å². The van der Waals surface area contributed by atoms with Gasteiger partial charge in [0, 0.05) is 11.8 Å². The molecule has 0 saturated carbocycles. The van der Waals surface area contributed by atoms with E-state index in [-0.39, 0.29) is 17.5 Å². The highest BCUT2D eigenvalue weighted by molar-refractivity contribution is 5.59. The number of hydrogen-bond donors (Lipinski definition) is 2. The van der Waals surface area contributed by atoms with Gasteiger partial charge in [-0.15, -0.1) is 13.2 Å². The van der Waals surface area contributed by atoms with Gasteiger partial charge in [0.25, 0.3) is 0 Å². The topological polar surface area (TPSA) is 73.1 Å². The maximum atomic E-state index is 13.4. The summed E-state index contributed by atoms with van der Waals surface area (Å²) in [6.07, 6.45) is -3.95. The average molecular weight is 288 g/mol. The van der Waals surface area contributed by atoms with Crippen molar-refractivity contribution in [3.05, 3.63) is 36.3 Å². The van der Waals surface area contributed by atoms with Crippen LogP contribution in [-0.2, 0) is 0 Å². The number of nitrogens with two attached hydrogens (primary N) is 1. The normalized spacial score (nSPS) is 11.2. The number of nitrogens with zero attached hydrogens (tertiary/aromatic N) is 2. The molecule has 1 heterocycles. The summed E-state index contributed by atoms with van der Waals surface area (Å²) in [5.41, 5.74) is 5.45. The molecule has 106 valence electrons. The Kier molecular flexibility index (Phi) is 3.59. The minimum Gasteiger partial charge on any atom is -0.406 e. The second-order valence-corrected chi connectivity index (χ2v) is 3.63. The number of benzene rings is 1. The van der Waals surface area contributed by atoms with Crippen molar-refractivity contribution in [2.45, 2.75) is 6.36 Å². The number of alkyl halides is 3. The largest absolute Gasteiger partial charge is 0.573 e. The lowest BCUT2D eigenvalue weighted by Crippen LogP contribution is -2.17. The van der Waals surface area contributed by atoms with Crippen LogP contribution in [0.5, 0.6) is 5.75 Å². The Morgan fingerprint density at radius 1 is 1.25 bits per heavy atom. The van der Waals surface area contributed by atoms with Gasteiger partial charge >= 0.3 is 6.36 Å². The lowest BCUT2D eigenvalue weighted by Gasteiger charge is -2.11. The van der Waals surface area contributed by atoms with Crippen molar-refractivity contribution in [1.82, 2.24) is 9.97 Å². The maximum Gasteiger partial charge on any atom is 0.573 e. The smallest absolute Gasteiger partial charge is 0.406 e. The third kappa shape index (κ3) is 3.70. The van der Waals surface area contributed by atoms with Gasteiger partial charge in [-0.25, -0.2) is 9.37 Å². The molecule has 0 saturated heterocycles. The molecular formula is C11H8F4N4O. The first-order valence-corrected chi connectivity index (χ1v) is 5.24. The van der Waals surface area contributed by atoms with Crippen LogP contribution in [-0.4, -0.2) is 16.3 Å². The highest BCUT2D eigenvalue weighted by Gasteiger charge is 2.31. The molecule has 0 atom stereocenters. The van der Waals surface area contributed by atoms with Crippen LogP contribution in [0.3, 0.4) is 0 Å². The SMILES string of the molecule is Nc1ncc(F)c(Nc2cccc(OC(F)(F)F)c2)n1. The van der Waals surface area contributed by atoms with Crippen LogP contribution in [0.1, 0.15) is 0 Å². The van der Waals surface area contributed by atoms with Crippen LogP contribution < -0.4 is 15.8 Å². The van der Waals surface area contributed by atoms with Crippen LogP contribution in [0.4, 0.5) is 35.0 Å². The zero-order valence-electron chi connectivity index (χ0n) is 9.78. The van der Waals surface area contributed by atoms with Crippen molar-refractivity contribution >= 4 is 17.5 Å². The number of hydrogen-bond acceptors (Lipinski definition) is 5. The van der Waals surface area contributed by atoms with Gasteiger partial charge in [-0.3, -0.25) is 0 Å². The molecule has 2 aromatic rings. The predicted molar refractivity (Wildman–Crippen MR) is 62.8 cm³/mol. The Bertz CT molecular complexity index is 618. The van der Waals surface area contributed by atoms with Gasteiger partial charge in [0.2, 0.25) is 5.95 Å². The molecule has 0 aliphatic carbocycles. The molecular weight excluding hydrogens is 280 g/mol. The minimum atomic E-state index is -4.80. The molecule has 0 aliphatic rings. The Hall–Kier alpha value is -2.58. The number of nitrogens with one attached hydrogen (secondary N) is 1. The summed E-state index contributed by atoms with van der Waals surface area (Å²) in [4.78, 5) is 7.01. The fraction of sp³-hybridized carbons (Fsp3) is 0.0909. The molecule has 0 amide bonds. The highest BCUT2D eigenvalue weighted by Crippen LogP contribution is 2.26. The van der Waals surface area contributed by atoms with E-state index >= 15 is 0 Å². The zero-order chi connectivity index (χ0) is 14.8. The van der Waals surface area contributed by atoms with Gasteiger partial charge < -0.3 is 15.8 Å². The van der Waals surface area contributed by atoms with E-state index in [0.717, 1.165) is 18.3 Å². The monoisotopic (exact) mass is 288 g/mol. The molecule has 0 bridgehead atoms. The van der Waals surface area contributed by atoms with E-state index in [1.54, 1.807) is 0 Å². The fourth-order valence-electron chi connectivity index (χ4n) is 1.38. The second-order valence-electron chi connectivity index (χ2n) is 3.63. The van der Waals surface area contributed by atoms with Gasteiger partial charge in [0.1, 0.15) is 5.75 Å². The standard InChI is InChI=1S/C11H8F4N4O/c12-8-5-17-10(16)19-9(8)18-6-2-1-3-7(4-6)20-11(13,14)15/h1-5H,(H3,16,17,18,19). The van der Waals surface area contributed by atoms with E-state index in [1.807, 2.05) is 0 Å². The summed E-state index contributed by atoms with van der Waals surface area (Å²) in [6.45, 7) is 0. The number of aromatic nitrogens is 2. The average Bonchev–Trinajstić information content (AvgIpc) is 2.32. The first kappa shape index (κ1) is 13.8. The van der Waals surface area contributed by atoms with Crippen molar-refractivity contribution in [1.29, 1.82) is 0 Å². The van der Waals surface area contributed by atoms with Crippen molar-refractivity contribution in [2.75, 3.05) is 11.1 Å². The number of halogens is 4. The third-order valence-electron chi connectivity index (χ3n) is 2.09. The number of anilines is 3. The van der Waals surface area contributed by atoms with Crippen LogP contribution in [0.15, 0.2) is 30.5 Å². The van der Waals surface area contributed by atoms with Gasteiger partial charge in [-0.1, -0.05) is 6.07 Å². The van der Waals surface area contributed by atoms with Crippen molar-refractivity contribution in [3.8, 4) is 5.75 Å². The first-order chi connectivity index (χ1) is 9.33. The maximum absolute atomic E-state index is 13.4. The highest BCUT2D eigenvalue weighted by atomic mass is 19.4. The Labute approximate surface area is 110 Å². The summed E-state index contributed by atoms with van der Waals surface area (Å²) < 4.78 is 53.3. The third-order valence-corrected chi connectivity index (χ3v) is 2.09. The number of nitrogen functional groups attached to an aromatic ring is 1.